The summed E-state index contributed by atoms with van der Waals surface area (Å²) >= 11 is 1.60. The number of thiophene rings is 1. The molecule has 1 N–H and O–H groups in total. The summed E-state index contributed by atoms with van der Waals surface area (Å²) in [7, 11) is 0. The Morgan fingerprint density at radius 2 is 1.92 bits per heavy atom. The Morgan fingerprint density at radius 3 is 2.72 bits per heavy atom. The second-order valence-corrected chi connectivity index (χ2v) is 7.21. The van der Waals surface area contributed by atoms with Crippen LogP contribution in [0.25, 0.3) is 20.4 Å². The number of benzene rings is 1. The van der Waals surface area contributed by atoms with Gasteiger partial charge in [-0.1, -0.05) is 13.8 Å². The SMILES string of the molecule is CC(C)COc1ccc(Nc2ncnc3c2sc2ncccc23)cc1. The predicted molar refractivity (Wildman–Crippen MR) is 103 cm³/mol. The summed E-state index contributed by atoms with van der Waals surface area (Å²) in [6, 6.07) is 11.9. The minimum atomic E-state index is 0.508. The molecule has 0 saturated heterocycles. The first-order valence-corrected chi connectivity index (χ1v) is 9.00. The van der Waals surface area contributed by atoms with Gasteiger partial charge in [0.1, 0.15) is 16.9 Å². The van der Waals surface area contributed by atoms with Gasteiger partial charge in [-0.05, 0) is 42.3 Å². The number of anilines is 2. The van der Waals surface area contributed by atoms with Crippen LogP contribution in [0.4, 0.5) is 11.5 Å². The summed E-state index contributed by atoms with van der Waals surface area (Å²) in [6.07, 6.45) is 3.39. The van der Waals surface area contributed by atoms with Crippen LogP contribution < -0.4 is 10.1 Å². The average molecular weight is 350 g/mol. The molecule has 0 amide bonds. The largest absolute Gasteiger partial charge is 0.493 e. The van der Waals surface area contributed by atoms with Gasteiger partial charge in [0.05, 0.1) is 16.8 Å². The van der Waals surface area contributed by atoms with Gasteiger partial charge in [0.15, 0.2) is 5.82 Å². The molecular weight excluding hydrogens is 332 g/mol. The number of hydrogen-bond acceptors (Lipinski definition) is 6. The molecule has 1 aromatic carbocycles. The molecule has 25 heavy (non-hydrogen) atoms. The molecule has 0 atom stereocenters. The molecule has 4 rings (SSSR count). The highest BCUT2D eigenvalue weighted by Crippen LogP contribution is 2.35. The molecule has 6 heteroatoms. The van der Waals surface area contributed by atoms with Crippen molar-refractivity contribution in [3.05, 3.63) is 48.9 Å². The summed E-state index contributed by atoms with van der Waals surface area (Å²) in [6.45, 7) is 4.99. The molecule has 5 nitrogen and oxygen atoms in total. The highest BCUT2D eigenvalue weighted by atomic mass is 32.1. The van der Waals surface area contributed by atoms with E-state index in [2.05, 4.69) is 34.1 Å². The second kappa shape index (κ2) is 6.64. The lowest BCUT2D eigenvalue weighted by Crippen LogP contribution is -2.04. The van der Waals surface area contributed by atoms with Gasteiger partial charge in [0.2, 0.25) is 0 Å². The lowest BCUT2D eigenvalue weighted by molar-refractivity contribution is 0.271. The van der Waals surface area contributed by atoms with Crippen LogP contribution in [0.5, 0.6) is 5.75 Å². The maximum Gasteiger partial charge on any atom is 0.151 e. The summed E-state index contributed by atoms with van der Waals surface area (Å²) < 4.78 is 6.73. The fraction of sp³-hybridized carbons (Fsp3) is 0.211. The maximum atomic E-state index is 5.72. The summed E-state index contributed by atoms with van der Waals surface area (Å²) in [4.78, 5) is 14.2. The highest BCUT2D eigenvalue weighted by molar-refractivity contribution is 7.25. The van der Waals surface area contributed by atoms with Crippen LogP contribution in [0.1, 0.15) is 13.8 Å². The third-order valence-electron chi connectivity index (χ3n) is 3.73. The molecule has 0 aliphatic rings. The van der Waals surface area contributed by atoms with Crippen molar-refractivity contribution in [2.75, 3.05) is 11.9 Å². The molecule has 0 aliphatic carbocycles. The molecular formula is C19H18N4OS. The van der Waals surface area contributed by atoms with Gasteiger partial charge >= 0.3 is 0 Å². The summed E-state index contributed by atoms with van der Waals surface area (Å²) in [5.74, 6) is 2.18. The highest BCUT2D eigenvalue weighted by Gasteiger charge is 2.11. The van der Waals surface area contributed by atoms with Crippen molar-refractivity contribution in [3.63, 3.8) is 0 Å². The fourth-order valence-corrected chi connectivity index (χ4v) is 3.58. The molecule has 0 radical (unpaired) electrons. The third kappa shape index (κ3) is 3.25. The molecule has 0 saturated carbocycles. The Bertz CT molecular complexity index is 1010. The average Bonchev–Trinajstić information content (AvgIpc) is 3.01. The maximum absolute atomic E-state index is 5.72. The summed E-state index contributed by atoms with van der Waals surface area (Å²) in [5.41, 5.74) is 1.89. The van der Waals surface area contributed by atoms with E-state index < -0.39 is 0 Å². The molecule has 3 heterocycles. The van der Waals surface area contributed by atoms with E-state index in [0.29, 0.717) is 12.5 Å². The van der Waals surface area contributed by atoms with E-state index in [1.54, 1.807) is 23.9 Å². The van der Waals surface area contributed by atoms with E-state index in [9.17, 15) is 0 Å². The fourth-order valence-electron chi connectivity index (χ4n) is 2.53. The van der Waals surface area contributed by atoms with Gasteiger partial charge in [-0.15, -0.1) is 11.3 Å². The number of hydrogen-bond donors (Lipinski definition) is 1. The van der Waals surface area contributed by atoms with Gasteiger partial charge in [0, 0.05) is 17.3 Å². The quantitative estimate of drug-likeness (QED) is 0.548. The Kier molecular flexibility index (Phi) is 4.19. The summed E-state index contributed by atoms with van der Waals surface area (Å²) in [5, 5.41) is 4.44. The van der Waals surface area contributed by atoms with E-state index in [0.717, 1.165) is 37.7 Å². The van der Waals surface area contributed by atoms with Crippen molar-refractivity contribution in [1.82, 2.24) is 15.0 Å². The number of rotatable bonds is 5. The topological polar surface area (TPSA) is 59.9 Å². The first-order chi connectivity index (χ1) is 12.2. The number of pyridine rings is 1. The zero-order chi connectivity index (χ0) is 17.2. The second-order valence-electron chi connectivity index (χ2n) is 6.21. The van der Waals surface area contributed by atoms with Crippen LogP contribution in [-0.4, -0.2) is 21.6 Å². The molecule has 126 valence electrons. The molecule has 0 bridgehead atoms. The van der Waals surface area contributed by atoms with E-state index in [4.69, 9.17) is 4.74 Å². The minimum Gasteiger partial charge on any atom is -0.493 e. The van der Waals surface area contributed by atoms with Crippen LogP contribution in [0.15, 0.2) is 48.9 Å². The van der Waals surface area contributed by atoms with Gasteiger partial charge in [0.25, 0.3) is 0 Å². The van der Waals surface area contributed by atoms with Crippen LogP contribution in [-0.2, 0) is 0 Å². The first kappa shape index (κ1) is 15.8. The Hall–Kier alpha value is -2.73. The molecule has 3 aromatic heterocycles. The monoisotopic (exact) mass is 350 g/mol. The van der Waals surface area contributed by atoms with Crippen LogP contribution in [0.2, 0.25) is 0 Å². The Labute approximate surface area is 149 Å². The van der Waals surface area contributed by atoms with E-state index in [-0.39, 0.29) is 0 Å². The van der Waals surface area contributed by atoms with Gasteiger partial charge < -0.3 is 10.1 Å². The lowest BCUT2D eigenvalue weighted by atomic mass is 10.2. The van der Waals surface area contributed by atoms with Gasteiger partial charge in [-0.25, -0.2) is 15.0 Å². The molecule has 0 spiro atoms. The van der Waals surface area contributed by atoms with E-state index >= 15 is 0 Å². The smallest absolute Gasteiger partial charge is 0.151 e. The lowest BCUT2D eigenvalue weighted by Gasteiger charge is -2.10. The van der Waals surface area contributed by atoms with Crippen molar-refractivity contribution in [2.45, 2.75) is 13.8 Å². The molecule has 4 aromatic rings. The number of nitrogens with zero attached hydrogens (tertiary/aromatic N) is 3. The Balaban J connectivity index is 1.62. The standard InChI is InChI=1S/C19H18N4OS/c1-12(2)10-24-14-7-5-13(6-8-14)23-18-17-16(21-11-22-18)15-4-3-9-20-19(15)25-17/h3-9,11-12H,10H2,1-2H3,(H,21,22,23). The van der Waals surface area contributed by atoms with E-state index in [1.807, 2.05) is 36.4 Å². The van der Waals surface area contributed by atoms with Crippen LogP contribution in [0, 0.1) is 5.92 Å². The number of nitrogens with one attached hydrogen (secondary N) is 1. The first-order valence-electron chi connectivity index (χ1n) is 8.19. The Morgan fingerprint density at radius 1 is 1.08 bits per heavy atom. The zero-order valence-electron chi connectivity index (χ0n) is 14.1. The van der Waals surface area contributed by atoms with E-state index in [1.165, 1.54) is 0 Å². The van der Waals surface area contributed by atoms with Crippen molar-refractivity contribution in [1.29, 1.82) is 0 Å². The normalized spacial score (nSPS) is 11.3. The van der Waals surface area contributed by atoms with Crippen molar-refractivity contribution < 1.29 is 4.74 Å². The van der Waals surface area contributed by atoms with Gasteiger partial charge in [-0.2, -0.15) is 0 Å². The van der Waals surface area contributed by atoms with Crippen molar-refractivity contribution in [2.24, 2.45) is 5.92 Å². The van der Waals surface area contributed by atoms with Gasteiger partial charge in [-0.3, -0.25) is 0 Å². The van der Waals surface area contributed by atoms with Crippen molar-refractivity contribution >= 4 is 43.3 Å². The minimum absolute atomic E-state index is 0.508. The predicted octanol–water partition coefficient (Wildman–Crippen LogP) is 5.02. The van der Waals surface area contributed by atoms with Crippen molar-refractivity contribution in [3.8, 4) is 5.75 Å². The number of aromatic nitrogens is 3. The molecule has 0 fully saturated rings. The zero-order valence-corrected chi connectivity index (χ0v) is 14.9. The third-order valence-corrected chi connectivity index (χ3v) is 4.84. The number of fused-ring (bicyclic) bond motifs is 3. The van der Waals surface area contributed by atoms with Crippen LogP contribution in [0.3, 0.4) is 0 Å². The molecule has 0 aliphatic heterocycles. The number of ether oxygens (including phenoxy) is 1. The van der Waals surface area contributed by atoms with Crippen LogP contribution >= 0.6 is 11.3 Å². The molecule has 0 unspecified atom stereocenters.